The van der Waals surface area contributed by atoms with Crippen LogP contribution in [0.1, 0.15) is 52.9 Å². The number of Topliss-reactive ketones (excluding diaryl/α,β-unsaturated/α-hetero) is 1. The van der Waals surface area contributed by atoms with Crippen LogP contribution >= 0.6 is 0 Å². The second kappa shape index (κ2) is 6.17. The Balaban J connectivity index is 1.86. The van der Waals surface area contributed by atoms with E-state index in [1.165, 1.54) is 6.08 Å². The molecule has 0 amide bonds. The van der Waals surface area contributed by atoms with Crippen LogP contribution in [-0.4, -0.2) is 57.0 Å². The van der Waals surface area contributed by atoms with Crippen molar-refractivity contribution in [2.24, 2.45) is 28.6 Å². The molecule has 5 nitrogen and oxygen atoms in total. The van der Waals surface area contributed by atoms with Gasteiger partial charge < -0.3 is 15.3 Å². The van der Waals surface area contributed by atoms with E-state index in [4.69, 9.17) is 0 Å². The summed E-state index contributed by atoms with van der Waals surface area (Å²) in [6.45, 7) is 4.09. The maximum Gasteiger partial charge on any atom is 0.190 e. The fraction of sp³-hybridized carbons (Fsp3) is 0.818. The topological polar surface area (TPSA) is 94.8 Å². The van der Waals surface area contributed by atoms with Crippen LogP contribution in [0.25, 0.3) is 0 Å². The summed E-state index contributed by atoms with van der Waals surface area (Å²) < 4.78 is 32.2. The van der Waals surface area contributed by atoms with Gasteiger partial charge in [0.25, 0.3) is 0 Å². The Kier molecular flexibility index (Phi) is 4.48. The van der Waals surface area contributed by atoms with Crippen molar-refractivity contribution in [1.82, 2.24) is 0 Å². The average molecular weight is 412 g/mol. The van der Waals surface area contributed by atoms with Crippen LogP contribution in [0.3, 0.4) is 0 Å². The predicted molar refractivity (Wildman–Crippen MR) is 100 cm³/mol. The minimum atomic E-state index is -2.15. The zero-order valence-corrected chi connectivity index (χ0v) is 17.1. The van der Waals surface area contributed by atoms with Gasteiger partial charge in [0, 0.05) is 23.2 Å². The highest BCUT2D eigenvalue weighted by Gasteiger charge is 2.76. The molecule has 0 bridgehead atoms. The molecule has 3 fully saturated rings. The van der Waals surface area contributed by atoms with Crippen molar-refractivity contribution in [3.05, 3.63) is 11.6 Å². The van der Waals surface area contributed by atoms with Crippen molar-refractivity contribution in [2.45, 2.75) is 76.4 Å². The zero-order chi connectivity index (χ0) is 21.6. The van der Waals surface area contributed by atoms with Gasteiger partial charge in [-0.2, -0.15) is 0 Å². The van der Waals surface area contributed by atoms with E-state index in [2.05, 4.69) is 0 Å². The van der Waals surface area contributed by atoms with Gasteiger partial charge in [0.2, 0.25) is 0 Å². The molecule has 0 aromatic carbocycles. The fourth-order valence-electron chi connectivity index (χ4n) is 7.61. The van der Waals surface area contributed by atoms with Gasteiger partial charge in [-0.15, -0.1) is 0 Å². The average Bonchev–Trinajstić information content (AvgIpc) is 2.86. The standard InChI is InChI=1S/C22H30F2O5/c1-11-6-13-14-8-16(23)15-7-12(26)4-5-19(15,2)21(14,24)17(27)9-20(13,3)22(11,29)18(28)10-25/h7,11,13-14,16-17,25,27,29H,4-6,8-10H2,1-3H3/t11?,13-,14-,16?,17?,19-,20-,21-,22-/m0/s1. The highest BCUT2D eigenvalue weighted by molar-refractivity contribution is 5.92. The van der Waals surface area contributed by atoms with E-state index in [-0.39, 0.29) is 37.0 Å². The number of hydrogen-bond donors (Lipinski definition) is 3. The molecule has 0 radical (unpaired) electrons. The van der Waals surface area contributed by atoms with Crippen molar-refractivity contribution >= 4 is 11.6 Å². The van der Waals surface area contributed by atoms with E-state index < -0.39 is 64.5 Å². The minimum absolute atomic E-state index is 0.100. The number of aliphatic hydroxyl groups is 3. The second-order valence-corrected chi connectivity index (χ2v) is 10.2. The molecule has 4 rings (SSSR count). The summed E-state index contributed by atoms with van der Waals surface area (Å²) in [5.41, 5.74) is -6.41. The summed E-state index contributed by atoms with van der Waals surface area (Å²) in [6.07, 6.45) is -1.64. The molecule has 0 spiro atoms. The predicted octanol–water partition coefficient (Wildman–Crippen LogP) is 2.07. The van der Waals surface area contributed by atoms with Crippen LogP contribution in [0, 0.1) is 28.6 Å². The molecule has 3 saturated carbocycles. The molecule has 4 aliphatic rings. The summed E-state index contributed by atoms with van der Waals surface area (Å²) in [7, 11) is 0. The lowest BCUT2D eigenvalue weighted by Gasteiger charge is -2.63. The first kappa shape index (κ1) is 21.1. The zero-order valence-electron chi connectivity index (χ0n) is 17.1. The molecule has 0 aromatic heterocycles. The van der Waals surface area contributed by atoms with Crippen LogP contribution in [0.15, 0.2) is 11.6 Å². The van der Waals surface area contributed by atoms with Crippen LogP contribution in [-0.2, 0) is 9.59 Å². The Morgan fingerprint density at radius 1 is 1.28 bits per heavy atom. The molecule has 9 atom stereocenters. The van der Waals surface area contributed by atoms with Crippen molar-refractivity contribution < 1.29 is 33.7 Å². The number of ketones is 2. The maximum absolute atomic E-state index is 16.9. The van der Waals surface area contributed by atoms with Crippen molar-refractivity contribution in [3.63, 3.8) is 0 Å². The van der Waals surface area contributed by atoms with Crippen molar-refractivity contribution in [1.29, 1.82) is 0 Å². The Labute approximate surface area is 169 Å². The van der Waals surface area contributed by atoms with Gasteiger partial charge in [0.15, 0.2) is 11.6 Å². The molecule has 7 heteroatoms. The maximum atomic E-state index is 16.9. The summed E-state index contributed by atoms with van der Waals surface area (Å²) in [4.78, 5) is 24.4. The Bertz CT molecular complexity index is 798. The third-order valence-electron chi connectivity index (χ3n) is 9.18. The normalized spacial score (nSPS) is 54.3. The van der Waals surface area contributed by atoms with E-state index in [1.807, 2.05) is 0 Å². The van der Waals surface area contributed by atoms with Crippen molar-refractivity contribution in [3.8, 4) is 0 Å². The summed E-state index contributed by atoms with van der Waals surface area (Å²) in [5.74, 6) is -2.95. The Hall–Kier alpha value is -1.18. The molecule has 162 valence electrons. The lowest BCUT2D eigenvalue weighted by atomic mass is 9.43. The SMILES string of the molecule is CC1C[C@H]2[C@@H]3CC(F)C4=CC(=O)CC[C@]4(C)[C@@]3(F)C(O)C[C@]2(C)[C@@]1(O)C(=O)CO. The lowest BCUT2D eigenvalue weighted by Crippen LogP contribution is -2.71. The summed E-state index contributed by atoms with van der Waals surface area (Å²) >= 11 is 0. The van der Waals surface area contributed by atoms with Gasteiger partial charge in [-0.1, -0.05) is 20.8 Å². The number of carbonyl (C=O) groups excluding carboxylic acids is 2. The van der Waals surface area contributed by atoms with E-state index >= 15 is 8.78 Å². The fourth-order valence-corrected chi connectivity index (χ4v) is 7.61. The molecule has 29 heavy (non-hydrogen) atoms. The van der Waals surface area contributed by atoms with Crippen LogP contribution < -0.4 is 0 Å². The molecule has 3 unspecified atom stereocenters. The Morgan fingerprint density at radius 2 is 1.93 bits per heavy atom. The molecule has 0 saturated heterocycles. The first-order valence-electron chi connectivity index (χ1n) is 10.5. The first-order valence-corrected chi connectivity index (χ1v) is 10.5. The highest BCUT2D eigenvalue weighted by atomic mass is 19.1. The van der Waals surface area contributed by atoms with Gasteiger partial charge in [-0.3, -0.25) is 9.59 Å². The number of alkyl halides is 2. The molecular formula is C22H30F2O5. The number of allylic oxidation sites excluding steroid dienone is 1. The number of fused-ring (bicyclic) bond motifs is 5. The third kappa shape index (κ3) is 2.24. The molecule has 0 aromatic rings. The lowest BCUT2D eigenvalue weighted by molar-refractivity contribution is -0.233. The highest BCUT2D eigenvalue weighted by Crippen LogP contribution is 2.71. The summed E-state index contributed by atoms with van der Waals surface area (Å²) in [6, 6.07) is 0. The first-order chi connectivity index (χ1) is 13.4. The Morgan fingerprint density at radius 3 is 2.55 bits per heavy atom. The van der Waals surface area contributed by atoms with Gasteiger partial charge in [0.1, 0.15) is 24.0 Å². The quantitative estimate of drug-likeness (QED) is 0.646. The smallest absolute Gasteiger partial charge is 0.190 e. The van der Waals surface area contributed by atoms with Gasteiger partial charge >= 0.3 is 0 Å². The van der Waals surface area contributed by atoms with E-state index in [9.17, 15) is 24.9 Å². The van der Waals surface area contributed by atoms with E-state index in [0.29, 0.717) is 6.42 Å². The molecule has 0 aliphatic heterocycles. The molecule has 0 heterocycles. The van der Waals surface area contributed by atoms with E-state index in [1.54, 1.807) is 20.8 Å². The van der Waals surface area contributed by atoms with E-state index in [0.717, 1.165) is 0 Å². The van der Waals surface area contributed by atoms with Crippen LogP contribution in [0.2, 0.25) is 0 Å². The minimum Gasteiger partial charge on any atom is -0.390 e. The number of rotatable bonds is 2. The van der Waals surface area contributed by atoms with Crippen molar-refractivity contribution in [2.75, 3.05) is 6.61 Å². The summed E-state index contributed by atoms with van der Waals surface area (Å²) in [5, 5.41) is 31.9. The molecular weight excluding hydrogens is 382 g/mol. The van der Waals surface area contributed by atoms with Crippen LogP contribution in [0.5, 0.6) is 0 Å². The largest absolute Gasteiger partial charge is 0.390 e. The second-order valence-electron chi connectivity index (χ2n) is 10.2. The molecule has 3 N–H and O–H groups in total. The molecule has 4 aliphatic carbocycles. The van der Waals surface area contributed by atoms with Gasteiger partial charge in [0.05, 0.1) is 6.10 Å². The third-order valence-corrected chi connectivity index (χ3v) is 9.18. The number of hydrogen-bond acceptors (Lipinski definition) is 5. The van der Waals surface area contributed by atoms with Crippen LogP contribution in [0.4, 0.5) is 8.78 Å². The number of aliphatic hydroxyl groups excluding tert-OH is 2. The number of carbonyl (C=O) groups is 2. The van der Waals surface area contributed by atoms with Gasteiger partial charge in [-0.05, 0) is 49.2 Å². The number of halogens is 2. The monoisotopic (exact) mass is 412 g/mol. The van der Waals surface area contributed by atoms with Gasteiger partial charge in [-0.25, -0.2) is 8.78 Å².